The van der Waals surface area contributed by atoms with E-state index >= 15 is 0 Å². The summed E-state index contributed by atoms with van der Waals surface area (Å²) in [5, 5.41) is 2.43. The van der Waals surface area contributed by atoms with Gasteiger partial charge in [-0.15, -0.1) is 11.3 Å². The van der Waals surface area contributed by atoms with E-state index < -0.39 is 5.91 Å². The van der Waals surface area contributed by atoms with Gasteiger partial charge in [-0.3, -0.25) is 4.79 Å². The minimum Gasteiger partial charge on any atom is -0.364 e. The van der Waals surface area contributed by atoms with E-state index in [9.17, 15) is 4.79 Å². The second-order valence-electron chi connectivity index (χ2n) is 3.54. The van der Waals surface area contributed by atoms with Crippen molar-refractivity contribution in [3.63, 3.8) is 0 Å². The topological polar surface area (TPSA) is 84.7 Å². The first-order chi connectivity index (χ1) is 8.24. The van der Waals surface area contributed by atoms with Crippen LogP contribution >= 0.6 is 11.3 Å². The summed E-state index contributed by atoms with van der Waals surface area (Å²) >= 11 is 1.40. The Bertz CT molecular complexity index is 700. The fourth-order valence-corrected chi connectivity index (χ4v) is 2.39. The minimum absolute atomic E-state index is 0.301. The van der Waals surface area contributed by atoms with Crippen LogP contribution in [-0.2, 0) is 0 Å². The maximum absolute atomic E-state index is 11.0. The molecule has 0 aliphatic heterocycles. The fraction of sp³-hybridized carbons (Fsp3) is 0. The van der Waals surface area contributed by atoms with Crippen molar-refractivity contribution in [3.8, 4) is 10.6 Å². The van der Waals surface area contributed by atoms with E-state index in [0.29, 0.717) is 5.69 Å². The van der Waals surface area contributed by atoms with Crippen molar-refractivity contribution < 1.29 is 4.79 Å². The number of hydrogen-bond acceptors (Lipinski definition) is 4. The highest BCUT2D eigenvalue weighted by Crippen LogP contribution is 2.25. The van der Waals surface area contributed by atoms with Crippen LogP contribution in [0.2, 0.25) is 0 Å². The van der Waals surface area contributed by atoms with Gasteiger partial charge in [0.2, 0.25) is 0 Å². The molecule has 3 N–H and O–H groups in total. The van der Waals surface area contributed by atoms with E-state index in [4.69, 9.17) is 5.73 Å². The maximum Gasteiger partial charge on any atom is 0.268 e. The highest BCUT2D eigenvalue weighted by atomic mass is 32.1. The van der Waals surface area contributed by atoms with Crippen LogP contribution < -0.4 is 5.73 Å². The predicted molar refractivity (Wildman–Crippen MR) is 65.7 cm³/mol. The first-order valence-electron chi connectivity index (χ1n) is 4.93. The molecule has 0 saturated heterocycles. The lowest BCUT2D eigenvalue weighted by atomic mass is 10.2. The van der Waals surface area contributed by atoms with Crippen LogP contribution in [0.5, 0.6) is 0 Å². The number of nitrogens with one attached hydrogen (secondary N) is 1. The molecule has 0 aliphatic carbocycles. The summed E-state index contributed by atoms with van der Waals surface area (Å²) in [5.74, 6) is -0.505. The average molecular weight is 244 g/mol. The molecular formula is C11H8N4OS. The lowest BCUT2D eigenvalue weighted by molar-refractivity contribution is 0.0996. The molecule has 2 aromatic heterocycles. The number of fused-ring (bicyclic) bond motifs is 1. The highest BCUT2D eigenvalue weighted by Gasteiger charge is 2.09. The van der Waals surface area contributed by atoms with E-state index in [2.05, 4.69) is 15.0 Å². The number of rotatable bonds is 2. The van der Waals surface area contributed by atoms with Crippen LogP contribution in [0.15, 0.2) is 29.9 Å². The van der Waals surface area contributed by atoms with E-state index in [1.807, 2.05) is 18.2 Å². The first kappa shape index (κ1) is 9.98. The van der Waals surface area contributed by atoms with Crippen molar-refractivity contribution in [3.05, 3.63) is 35.6 Å². The summed E-state index contributed by atoms with van der Waals surface area (Å²) in [7, 11) is 0. The molecule has 6 heteroatoms. The molecule has 3 aromatic rings. The number of aromatic amines is 1. The smallest absolute Gasteiger partial charge is 0.268 e. The predicted octanol–water partition coefficient (Wildman–Crippen LogP) is 1.79. The third-order valence-electron chi connectivity index (χ3n) is 2.42. The molecule has 0 spiro atoms. The molecular weight excluding hydrogens is 236 g/mol. The van der Waals surface area contributed by atoms with Gasteiger partial charge in [0.25, 0.3) is 5.91 Å². The molecule has 3 rings (SSSR count). The number of amides is 1. The zero-order chi connectivity index (χ0) is 11.8. The zero-order valence-electron chi connectivity index (χ0n) is 8.68. The van der Waals surface area contributed by atoms with Gasteiger partial charge >= 0.3 is 0 Å². The van der Waals surface area contributed by atoms with Gasteiger partial charge in [0.15, 0.2) is 0 Å². The molecule has 0 aliphatic rings. The van der Waals surface area contributed by atoms with Crippen LogP contribution in [0.4, 0.5) is 0 Å². The quantitative estimate of drug-likeness (QED) is 0.720. The largest absolute Gasteiger partial charge is 0.364 e. The van der Waals surface area contributed by atoms with E-state index in [1.54, 1.807) is 11.7 Å². The molecule has 84 valence electrons. The molecule has 1 aromatic carbocycles. The number of imidazole rings is 1. The second-order valence-corrected chi connectivity index (χ2v) is 4.39. The number of nitrogens with zero attached hydrogens (tertiary/aromatic N) is 2. The van der Waals surface area contributed by atoms with Gasteiger partial charge in [-0.05, 0) is 18.2 Å². The lowest BCUT2D eigenvalue weighted by Gasteiger charge is -1.95. The van der Waals surface area contributed by atoms with Crippen molar-refractivity contribution in [1.82, 2.24) is 15.0 Å². The van der Waals surface area contributed by atoms with Crippen LogP contribution in [0, 0.1) is 0 Å². The van der Waals surface area contributed by atoms with Crippen molar-refractivity contribution in [1.29, 1.82) is 0 Å². The molecule has 5 nitrogen and oxygen atoms in total. The van der Waals surface area contributed by atoms with Gasteiger partial charge in [-0.1, -0.05) is 0 Å². The SMILES string of the molecule is NC(=O)c1csc(-c2ccc3nc[nH]c3c2)n1. The Balaban J connectivity index is 2.09. The summed E-state index contributed by atoms with van der Waals surface area (Å²) in [6, 6.07) is 5.78. The molecule has 2 heterocycles. The third-order valence-corrected chi connectivity index (χ3v) is 3.32. The summed E-state index contributed by atoms with van der Waals surface area (Å²) < 4.78 is 0. The Morgan fingerprint density at radius 1 is 1.41 bits per heavy atom. The monoisotopic (exact) mass is 244 g/mol. The summed E-state index contributed by atoms with van der Waals surface area (Å²) in [5.41, 5.74) is 8.26. The van der Waals surface area contributed by atoms with Crippen LogP contribution in [0.3, 0.4) is 0 Å². The van der Waals surface area contributed by atoms with Gasteiger partial charge in [-0.2, -0.15) is 0 Å². The number of H-pyrrole nitrogens is 1. The van der Waals surface area contributed by atoms with E-state index in [-0.39, 0.29) is 0 Å². The Kier molecular flexibility index (Phi) is 2.15. The Hall–Kier alpha value is -2.21. The number of hydrogen-bond donors (Lipinski definition) is 2. The number of primary amides is 1. The first-order valence-corrected chi connectivity index (χ1v) is 5.81. The number of aromatic nitrogens is 3. The second kappa shape index (κ2) is 3.67. The van der Waals surface area contributed by atoms with Crippen LogP contribution in [0.25, 0.3) is 21.6 Å². The summed E-state index contributed by atoms with van der Waals surface area (Å²) in [6.07, 6.45) is 1.64. The van der Waals surface area contributed by atoms with Gasteiger partial charge in [0.1, 0.15) is 10.7 Å². The third kappa shape index (κ3) is 1.68. The normalized spacial score (nSPS) is 10.8. The fourth-order valence-electron chi connectivity index (χ4n) is 1.59. The molecule has 0 unspecified atom stereocenters. The van der Waals surface area contributed by atoms with Gasteiger partial charge < -0.3 is 10.7 Å². The molecule has 0 saturated carbocycles. The van der Waals surface area contributed by atoms with Crippen LogP contribution in [0.1, 0.15) is 10.5 Å². The van der Waals surface area contributed by atoms with E-state index in [0.717, 1.165) is 21.6 Å². The average Bonchev–Trinajstić information content (AvgIpc) is 2.97. The maximum atomic E-state index is 11.0. The number of carbonyl (C=O) groups excluding carboxylic acids is 1. The molecule has 17 heavy (non-hydrogen) atoms. The van der Waals surface area contributed by atoms with Gasteiger partial charge in [-0.25, -0.2) is 9.97 Å². The molecule has 0 fully saturated rings. The number of carbonyl (C=O) groups is 1. The molecule has 0 radical (unpaired) electrons. The van der Waals surface area contributed by atoms with E-state index in [1.165, 1.54) is 11.3 Å². The van der Waals surface area contributed by atoms with Crippen LogP contribution in [-0.4, -0.2) is 20.9 Å². The minimum atomic E-state index is -0.505. The number of thiazole rings is 1. The van der Waals surface area contributed by atoms with Gasteiger partial charge in [0, 0.05) is 10.9 Å². The molecule has 1 amide bonds. The van der Waals surface area contributed by atoms with Crippen molar-refractivity contribution in [2.24, 2.45) is 5.73 Å². The standard InChI is InChI=1S/C11H8N4OS/c12-10(16)9-4-17-11(15-9)6-1-2-7-8(3-6)14-5-13-7/h1-5H,(H2,12,16)(H,13,14). The molecule has 0 atom stereocenters. The van der Waals surface area contributed by atoms with Crippen molar-refractivity contribution in [2.75, 3.05) is 0 Å². The Morgan fingerprint density at radius 2 is 2.29 bits per heavy atom. The Morgan fingerprint density at radius 3 is 3.06 bits per heavy atom. The van der Waals surface area contributed by atoms with Crippen molar-refractivity contribution in [2.45, 2.75) is 0 Å². The molecule has 0 bridgehead atoms. The van der Waals surface area contributed by atoms with Gasteiger partial charge in [0.05, 0.1) is 17.4 Å². The van der Waals surface area contributed by atoms with Crippen molar-refractivity contribution >= 4 is 28.3 Å². The Labute approximate surface area is 100 Å². The zero-order valence-corrected chi connectivity index (χ0v) is 9.49. The summed E-state index contributed by atoms with van der Waals surface area (Å²) in [4.78, 5) is 22.3. The lowest BCUT2D eigenvalue weighted by Crippen LogP contribution is -2.10. The summed E-state index contributed by atoms with van der Waals surface area (Å²) in [6.45, 7) is 0. The number of benzene rings is 1. The highest BCUT2D eigenvalue weighted by molar-refractivity contribution is 7.13. The number of nitrogens with two attached hydrogens (primary N) is 1.